The summed E-state index contributed by atoms with van der Waals surface area (Å²) in [6.07, 6.45) is 8.53. The third-order valence-electron chi connectivity index (χ3n) is 4.64. The first kappa shape index (κ1) is 11.9. The molecule has 16 heavy (non-hydrogen) atoms. The van der Waals surface area contributed by atoms with Gasteiger partial charge in [0.05, 0.1) is 6.07 Å². The van der Waals surface area contributed by atoms with Crippen LogP contribution in [0.5, 0.6) is 0 Å². The van der Waals surface area contributed by atoms with E-state index >= 15 is 0 Å². The first-order valence-electron chi connectivity index (χ1n) is 6.53. The largest absolute Gasteiger partial charge is 0.302 e. The summed E-state index contributed by atoms with van der Waals surface area (Å²) in [6.45, 7) is 0. The molecule has 2 aliphatic carbocycles. The lowest BCUT2D eigenvalue weighted by molar-refractivity contribution is 0.0694. The average molecular weight is 221 g/mol. The summed E-state index contributed by atoms with van der Waals surface area (Å²) < 4.78 is 0. The van der Waals surface area contributed by atoms with Gasteiger partial charge in [0, 0.05) is 12.1 Å². The highest BCUT2D eigenvalue weighted by molar-refractivity contribution is 5.10. The Hall–Kier alpha value is -0.590. The minimum absolute atomic E-state index is 0.263. The van der Waals surface area contributed by atoms with Gasteiger partial charge in [0.1, 0.15) is 5.54 Å². The van der Waals surface area contributed by atoms with Crippen LogP contribution in [0.3, 0.4) is 0 Å². The number of nitrogens with zero attached hydrogens (tertiary/aromatic N) is 2. The van der Waals surface area contributed by atoms with Crippen LogP contribution in [-0.2, 0) is 0 Å². The number of rotatable bonds is 3. The number of hydrogen-bond acceptors (Lipinski definition) is 3. The van der Waals surface area contributed by atoms with E-state index in [1.54, 1.807) is 0 Å². The van der Waals surface area contributed by atoms with Gasteiger partial charge in [-0.15, -0.1) is 0 Å². The van der Waals surface area contributed by atoms with Gasteiger partial charge in [-0.3, -0.25) is 0 Å². The van der Waals surface area contributed by atoms with Gasteiger partial charge in [-0.2, -0.15) is 5.26 Å². The smallest absolute Gasteiger partial charge is 0.108 e. The average Bonchev–Trinajstić information content (AvgIpc) is 2.27. The van der Waals surface area contributed by atoms with Crippen LogP contribution in [0, 0.1) is 11.3 Å². The van der Waals surface area contributed by atoms with Crippen LogP contribution in [0.4, 0.5) is 0 Å². The number of hydrogen-bond donors (Lipinski definition) is 1. The van der Waals surface area contributed by atoms with Crippen molar-refractivity contribution in [1.29, 1.82) is 5.26 Å². The van der Waals surface area contributed by atoms with Crippen molar-refractivity contribution in [1.82, 2.24) is 10.2 Å². The number of nitrogens with one attached hydrogen (secondary N) is 1. The minimum atomic E-state index is -0.263. The zero-order valence-electron chi connectivity index (χ0n) is 10.5. The predicted octanol–water partition coefficient (Wildman–Crippen LogP) is 1.90. The van der Waals surface area contributed by atoms with Crippen LogP contribution in [-0.4, -0.2) is 36.6 Å². The monoisotopic (exact) mass is 221 g/mol. The molecule has 0 amide bonds. The van der Waals surface area contributed by atoms with Gasteiger partial charge in [-0.25, -0.2) is 0 Å². The second-order valence-electron chi connectivity index (χ2n) is 5.44. The Morgan fingerprint density at radius 2 is 1.94 bits per heavy atom. The zero-order chi connectivity index (χ0) is 11.6. The van der Waals surface area contributed by atoms with Gasteiger partial charge >= 0.3 is 0 Å². The molecule has 2 aliphatic rings. The molecule has 3 heteroatoms. The fraction of sp³-hybridized carbons (Fsp3) is 0.923. The first-order valence-corrected chi connectivity index (χ1v) is 6.53. The molecule has 3 nitrogen and oxygen atoms in total. The molecular formula is C13H23N3. The molecule has 0 aliphatic heterocycles. The quantitative estimate of drug-likeness (QED) is 0.791. The highest BCUT2D eigenvalue weighted by Crippen LogP contribution is 2.34. The summed E-state index contributed by atoms with van der Waals surface area (Å²) in [6, 6.07) is 3.88. The van der Waals surface area contributed by atoms with Gasteiger partial charge in [0.25, 0.3) is 0 Å². The van der Waals surface area contributed by atoms with Gasteiger partial charge in [0.15, 0.2) is 0 Å². The minimum Gasteiger partial charge on any atom is -0.302 e. The molecule has 1 N–H and O–H groups in total. The van der Waals surface area contributed by atoms with Crippen molar-refractivity contribution in [3.63, 3.8) is 0 Å². The van der Waals surface area contributed by atoms with Crippen LogP contribution in [0.1, 0.15) is 44.9 Å². The molecule has 2 unspecified atom stereocenters. The van der Waals surface area contributed by atoms with Crippen molar-refractivity contribution < 1.29 is 0 Å². The van der Waals surface area contributed by atoms with Crippen LogP contribution in [0.2, 0.25) is 0 Å². The lowest BCUT2D eigenvalue weighted by Gasteiger charge is -2.45. The van der Waals surface area contributed by atoms with E-state index in [-0.39, 0.29) is 5.54 Å². The molecule has 0 aromatic carbocycles. The third-order valence-corrected chi connectivity index (χ3v) is 4.64. The third kappa shape index (κ3) is 2.09. The fourth-order valence-corrected chi connectivity index (χ4v) is 3.07. The molecule has 0 bridgehead atoms. The second-order valence-corrected chi connectivity index (χ2v) is 5.44. The van der Waals surface area contributed by atoms with E-state index in [4.69, 9.17) is 0 Å². The highest BCUT2D eigenvalue weighted by atomic mass is 15.2. The Labute approximate surface area is 98.8 Å². The van der Waals surface area contributed by atoms with E-state index in [1.807, 2.05) is 7.05 Å². The zero-order valence-corrected chi connectivity index (χ0v) is 10.5. The molecule has 2 saturated carbocycles. The molecule has 0 aromatic rings. The molecule has 2 rings (SSSR count). The first-order chi connectivity index (χ1) is 7.71. The maximum Gasteiger partial charge on any atom is 0.108 e. The molecule has 2 fully saturated rings. The predicted molar refractivity (Wildman–Crippen MR) is 65.1 cm³/mol. The van der Waals surface area contributed by atoms with Gasteiger partial charge < -0.3 is 10.2 Å². The Morgan fingerprint density at radius 3 is 2.44 bits per heavy atom. The summed E-state index contributed by atoms with van der Waals surface area (Å²) in [7, 11) is 4.17. The van der Waals surface area contributed by atoms with E-state index in [2.05, 4.69) is 23.3 Å². The molecule has 0 heterocycles. The topological polar surface area (TPSA) is 39.1 Å². The van der Waals surface area contributed by atoms with Crippen molar-refractivity contribution in [2.75, 3.05) is 14.1 Å². The van der Waals surface area contributed by atoms with E-state index in [1.165, 1.54) is 32.1 Å². The molecule has 0 saturated heterocycles. The number of nitriles is 1. The molecule has 2 atom stereocenters. The summed E-state index contributed by atoms with van der Waals surface area (Å²) >= 11 is 0. The van der Waals surface area contributed by atoms with Crippen LogP contribution in [0.15, 0.2) is 0 Å². The van der Waals surface area contributed by atoms with Crippen molar-refractivity contribution in [3.8, 4) is 6.07 Å². The molecule has 0 aromatic heterocycles. The highest BCUT2D eigenvalue weighted by Gasteiger charge is 2.38. The molecule has 0 spiro atoms. The summed E-state index contributed by atoms with van der Waals surface area (Å²) in [5.41, 5.74) is -0.263. The van der Waals surface area contributed by atoms with Crippen LogP contribution < -0.4 is 5.32 Å². The van der Waals surface area contributed by atoms with Crippen molar-refractivity contribution >= 4 is 0 Å². The lowest BCUT2D eigenvalue weighted by Crippen LogP contribution is -2.53. The Bertz CT molecular complexity index is 279. The Balaban J connectivity index is 1.98. The summed E-state index contributed by atoms with van der Waals surface area (Å²) in [5.74, 6) is 0. The van der Waals surface area contributed by atoms with Crippen molar-refractivity contribution in [2.45, 2.75) is 62.6 Å². The van der Waals surface area contributed by atoms with Crippen molar-refractivity contribution in [3.05, 3.63) is 0 Å². The molecule has 0 radical (unpaired) electrons. The fourth-order valence-electron chi connectivity index (χ4n) is 3.07. The van der Waals surface area contributed by atoms with E-state index < -0.39 is 0 Å². The standard InChI is InChI=1S/C13H23N3/c1-15-13(10-14)8-4-7-12(9-13)16(2)11-5-3-6-11/h11-12,15H,3-9H2,1-2H3. The maximum absolute atomic E-state index is 9.32. The molecular weight excluding hydrogens is 198 g/mol. The normalized spacial score (nSPS) is 35.8. The maximum atomic E-state index is 9.32. The van der Waals surface area contributed by atoms with Crippen LogP contribution in [0.25, 0.3) is 0 Å². The van der Waals surface area contributed by atoms with E-state index in [9.17, 15) is 5.26 Å². The Kier molecular flexibility index (Phi) is 3.51. The second kappa shape index (κ2) is 4.73. The summed E-state index contributed by atoms with van der Waals surface area (Å²) in [5, 5.41) is 12.6. The van der Waals surface area contributed by atoms with Gasteiger partial charge in [-0.1, -0.05) is 6.42 Å². The molecule has 90 valence electrons. The summed E-state index contributed by atoms with van der Waals surface area (Å²) in [4.78, 5) is 2.53. The van der Waals surface area contributed by atoms with Gasteiger partial charge in [-0.05, 0) is 52.6 Å². The lowest BCUT2D eigenvalue weighted by atomic mass is 9.78. The van der Waals surface area contributed by atoms with Gasteiger partial charge in [0.2, 0.25) is 0 Å². The van der Waals surface area contributed by atoms with Crippen LogP contribution >= 0.6 is 0 Å². The van der Waals surface area contributed by atoms with E-state index in [0.29, 0.717) is 6.04 Å². The Morgan fingerprint density at radius 1 is 1.25 bits per heavy atom. The van der Waals surface area contributed by atoms with E-state index in [0.717, 1.165) is 18.9 Å². The van der Waals surface area contributed by atoms with Crippen molar-refractivity contribution in [2.24, 2.45) is 0 Å². The SMILES string of the molecule is CNC1(C#N)CCCC(N(C)C2CCC2)C1.